The largest absolute Gasteiger partial charge is 0.497 e. The maximum absolute atomic E-state index is 12.7. The lowest BCUT2D eigenvalue weighted by molar-refractivity contribution is 0.144. The number of piperazine rings is 1. The summed E-state index contributed by atoms with van der Waals surface area (Å²) in [4.78, 5) is 21.3. The van der Waals surface area contributed by atoms with Crippen molar-refractivity contribution in [2.75, 3.05) is 52.3 Å². The van der Waals surface area contributed by atoms with Gasteiger partial charge in [0.1, 0.15) is 17.3 Å². The minimum absolute atomic E-state index is 0.107. The van der Waals surface area contributed by atoms with Crippen LogP contribution in [-0.4, -0.2) is 72.3 Å². The Bertz CT molecular complexity index is 812. The number of anilines is 1. The number of nitrogens with zero attached hydrogens (tertiary/aromatic N) is 4. The predicted molar refractivity (Wildman–Crippen MR) is 113 cm³/mol. The molecule has 1 aliphatic heterocycles. The Morgan fingerprint density at radius 2 is 1.90 bits per heavy atom. The molecule has 0 atom stereocenters. The van der Waals surface area contributed by atoms with E-state index in [2.05, 4.69) is 33.6 Å². The van der Waals surface area contributed by atoms with E-state index in [-0.39, 0.29) is 6.03 Å². The van der Waals surface area contributed by atoms with Crippen molar-refractivity contribution in [3.05, 3.63) is 36.4 Å². The number of rotatable bonds is 7. The van der Waals surface area contributed by atoms with Crippen molar-refractivity contribution in [1.82, 2.24) is 19.4 Å². The zero-order valence-electron chi connectivity index (χ0n) is 17.7. The van der Waals surface area contributed by atoms with Gasteiger partial charge in [0.25, 0.3) is 0 Å². The molecule has 2 heterocycles. The van der Waals surface area contributed by atoms with Crippen LogP contribution in [0.1, 0.15) is 25.6 Å². The van der Waals surface area contributed by atoms with E-state index in [1.807, 2.05) is 17.3 Å². The summed E-state index contributed by atoms with van der Waals surface area (Å²) in [7, 11) is 3.18. The topological polar surface area (TPSA) is 71.9 Å². The molecule has 8 nitrogen and oxygen atoms in total. The van der Waals surface area contributed by atoms with Crippen LogP contribution in [0.4, 0.5) is 10.5 Å². The fraction of sp³-hybridized carbons (Fsp3) is 0.524. The van der Waals surface area contributed by atoms with Crippen molar-refractivity contribution >= 4 is 11.7 Å². The molecule has 2 aromatic rings. The maximum atomic E-state index is 12.7. The SMILES string of the molecule is COc1ccc(NC(=O)N2CCN(CCn3ccnc3C(C)C)CC2)c(OC)c1. The summed E-state index contributed by atoms with van der Waals surface area (Å²) in [5, 5.41) is 2.95. The molecular formula is C21H31N5O3. The van der Waals surface area contributed by atoms with Crippen LogP contribution >= 0.6 is 0 Å². The number of ether oxygens (including phenoxy) is 2. The van der Waals surface area contributed by atoms with Gasteiger partial charge in [0.15, 0.2) is 0 Å². The van der Waals surface area contributed by atoms with Gasteiger partial charge in [-0.1, -0.05) is 13.8 Å². The summed E-state index contributed by atoms with van der Waals surface area (Å²) in [6, 6.07) is 5.25. The lowest BCUT2D eigenvalue weighted by Crippen LogP contribution is -2.50. The van der Waals surface area contributed by atoms with Crippen LogP contribution in [0.25, 0.3) is 0 Å². The molecule has 8 heteroatoms. The molecule has 1 saturated heterocycles. The first-order valence-corrected chi connectivity index (χ1v) is 10.0. The van der Waals surface area contributed by atoms with Crippen molar-refractivity contribution in [2.24, 2.45) is 0 Å². The van der Waals surface area contributed by atoms with Gasteiger partial charge in [-0.2, -0.15) is 0 Å². The molecule has 0 aliphatic carbocycles. The first-order valence-electron chi connectivity index (χ1n) is 10.0. The fourth-order valence-corrected chi connectivity index (χ4v) is 3.53. The van der Waals surface area contributed by atoms with Crippen molar-refractivity contribution in [3.8, 4) is 11.5 Å². The molecule has 0 unspecified atom stereocenters. The quantitative estimate of drug-likeness (QED) is 0.772. The second kappa shape index (κ2) is 9.65. The Morgan fingerprint density at radius 3 is 2.55 bits per heavy atom. The van der Waals surface area contributed by atoms with Gasteiger partial charge in [0, 0.05) is 63.6 Å². The number of urea groups is 1. The van der Waals surface area contributed by atoms with E-state index in [0.29, 0.717) is 36.2 Å². The summed E-state index contributed by atoms with van der Waals surface area (Å²) in [6.07, 6.45) is 3.91. The Labute approximate surface area is 172 Å². The number of imidazole rings is 1. The molecule has 2 amide bonds. The van der Waals surface area contributed by atoms with Gasteiger partial charge < -0.3 is 24.3 Å². The van der Waals surface area contributed by atoms with Crippen molar-refractivity contribution in [1.29, 1.82) is 0 Å². The van der Waals surface area contributed by atoms with Crippen molar-refractivity contribution in [3.63, 3.8) is 0 Å². The van der Waals surface area contributed by atoms with Gasteiger partial charge >= 0.3 is 6.03 Å². The third-order valence-corrected chi connectivity index (χ3v) is 5.23. The van der Waals surface area contributed by atoms with Gasteiger partial charge in [-0.25, -0.2) is 9.78 Å². The Balaban J connectivity index is 1.49. The highest BCUT2D eigenvalue weighted by Gasteiger charge is 2.22. The molecular weight excluding hydrogens is 370 g/mol. The van der Waals surface area contributed by atoms with Gasteiger partial charge in [0.05, 0.1) is 19.9 Å². The molecule has 0 radical (unpaired) electrons. The molecule has 0 bridgehead atoms. The third kappa shape index (κ3) is 5.20. The number of carbonyl (C=O) groups excluding carboxylic acids is 1. The minimum Gasteiger partial charge on any atom is -0.497 e. The minimum atomic E-state index is -0.107. The second-order valence-electron chi connectivity index (χ2n) is 7.46. The average Bonchev–Trinajstić information content (AvgIpc) is 3.22. The van der Waals surface area contributed by atoms with Crippen LogP contribution in [0.3, 0.4) is 0 Å². The lowest BCUT2D eigenvalue weighted by Gasteiger charge is -2.34. The van der Waals surface area contributed by atoms with Crippen LogP contribution in [0.5, 0.6) is 11.5 Å². The molecule has 1 aliphatic rings. The van der Waals surface area contributed by atoms with Crippen molar-refractivity contribution < 1.29 is 14.3 Å². The first-order chi connectivity index (χ1) is 14.0. The summed E-state index contributed by atoms with van der Waals surface area (Å²) in [5.41, 5.74) is 0.641. The van der Waals surface area contributed by atoms with Crippen LogP contribution in [-0.2, 0) is 6.54 Å². The highest BCUT2D eigenvalue weighted by Crippen LogP contribution is 2.29. The van der Waals surface area contributed by atoms with E-state index >= 15 is 0 Å². The summed E-state index contributed by atoms with van der Waals surface area (Å²) < 4.78 is 12.8. The van der Waals surface area contributed by atoms with E-state index in [1.165, 1.54) is 0 Å². The number of amides is 2. The summed E-state index contributed by atoms with van der Waals surface area (Å²) >= 11 is 0. The zero-order chi connectivity index (χ0) is 20.8. The number of nitrogens with one attached hydrogen (secondary N) is 1. The maximum Gasteiger partial charge on any atom is 0.322 e. The van der Waals surface area contributed by atoms with E-state index in [9.17, 15) is 4.79 Å². The van der Waals surface area contributed by atoms with Gasteiger partial charge in [-0.05, 0) is 12.1 Å². The summed E-state index contributed by atoms with van der Waals surface area (Å²) in [5.74, 6) is 2.81. The van der Waals surface area contributed by atoms with E-state index in [0.717, 1.165) is 32.0 Å². The van der Waals surface area contributed by atoms with E-state index in [4.69, 9.17) is 9.47 Å². The van der Waals surface area contributed by atoms with E-state index < -0.39 is 0 Å². The standard InChI is InChI=1S/C21H31N5O3/c1-16(2)20-22-7-8-25(20)12-9-24-10-13-26(14-11-24)21(27)23-18-6-5-17(28-3)15-19(18)29-4/h5-8,15-16H,9-14H2,1-4H3,(H,23,27). The Morgan fingerprint density at radius 1 is 1.14 bits per heavy atom. The van der Waals surface area contributed by atoms with E-state index in [1.54, 1.807) is 32.4 Å². The molecule has 1 aromatic heterocycles. The normalized spacial score (nSPS) is 14.9. The molecule has 158 valence electrons. The number of benzene rings is 1. The number of hydrogen-bond donors (Lipinski definition) is 1. The van der Waals surface area contributed by atoms with Gasteiger partial charge in [-0.3, -0.25) is 4.90 Å². The number of carbonyl (C=O) groups is 1. The molecule has 1 N–H and O–H groups in total. The Kier molecular flexibility index (Phi) is 6.98. The molecule has 29 heavy (non-hydrogen) atoms. The lowest BCUT2D eigenvalue weighted by atomic mass is 10.2. The molecule has 0 spiro atoms. The summed E-state index contributed by atoms with van der Waals surface area (Å²) in [6.45, 7) is 9.32. The third-order valence-electron chi connectivity index (χ3n) is 5.23. The van der Waals surface area contributed by atoms with Crippen LogP contribution < -0.4 is 14.8 Å². The smallest absolute Gasteiger partial charge is 0.322 e. The van der Waals surface area contributed by atoms with Gasteiger partial charge in [-0.15, -0.1) is 0 Å². The molecule has 3 rings (SSSR count). The monoisotopic (exact) mass is 401 g/mol. The van der Waals surface area contributed by atoms with Crippen LogP contribution in [0.2, 0.25) is 0 Å². The Hall–Kier alpha value is -2.74. The average molecular weight is 402 g/mol. The van der Waals surface area contributed by atoms with Crippen molar-refractivity contribution in [2.45, 2.75) is 26.3 Å². The second-order valence-corrected chi connectivity index (χ2v) is 7.46. The highest BCUT2D eigenvalue weighted by molar-refractivity contribution is 5.91. The molecule has 1 fully saturated rings. The van der Waals surface area contributed by atoms with Gasteiger partial charge in [0.2, 0.25) is 0 Å². The van der Waals surface area contributed by atoms with Crippen LogP contribution in [0, 0.1) is 0 Å². The molecule has 1 aromatic carbocycles. The highest BCUT2D eigenvalue weighted by atomic mass is 16.5. The zero-order valence-corrected chi connectivity index (χ0v) is 17.7. The first kappa shape index (κ1) is 21.0. The molecule has 0 saturated carbocycles. The predicted octanol–water partition coefficient (Wildman–Crippen LogP) is 2.87. The number of hydrogen-bond acceptors (Lipinski definition) is 5. The number of methoxy groups -OCH3 is 2. The fourth-order valence-electron chi connectivity index (χ4n) is 3.53. The van der Waals surface area contributed by atoms with Crippen LogP contribution in [0.15, 0.2) is 30.6 Å². The number of aromatic nitrogens is 2.